The van der Waals surface area contributed by atoms with E-state index in [1.54, 1.807) is 25.2 Å². The maximum Gasteiger partial charge on any atom is 0.407 e. The average molecular weight is 303 g/mol. The molecule has 1 saturated carbocycles. The Morgan fingerprint density at radius 2 is 2.18 bits per heavy atom. The van der Waals surface area contributed by atoms with Crippen LogP contribution in [0.1, 0.15) is 18.4 Å². The Kier molecular flexibility index (Phi) is 3.96. The monoisotopic (exact) mass is 303 g/mol. The SMILES string of the molecule is COc1ccc(CN(C(=O)O)[C@H]2C[C@H]3C=CC[C@H]32)c(OC)c1. The van der Waals surface area contributed by atoms with Crippen LogP contribution in [0.3, 0.4) is 0 Å². The molecular formula is C17H21NO4. The molecular weight excluding hydrogens is 282 g/mol. The molecule has 0 bridgehead atoms. The summed E-state index contributed by atoms with van der Waals surface area (Å²) in [5.41, 5.74) is 0.861. The molecule has 118 valence electrons. The molecule has 1 amide bonds. The van der Waals surface area contributed by atoms with Gasteiger partial charge in [-0.3, -0.25) is 0 Å². The minimum Gasteiger partial charge on any atom is -0.497 e. The van der Waals surface area contributed by atoms with Crippen molar-refractivity contribution in [3.8, 4) is 11.5 Å². The smallest absolute Gasteiger partial charge is 0.407 e. The third-order valence-electron chi connectivity index (χ3n) is 4.83. The van der Waals surface area contributed by atoms with Crippen molar-refractivity contribution in [3.63, 3.8) is 0 Å². The van der Waals surface area contributed by atoms with Gasteiger partial charge in [0.25, 0.3) is 0 Å². The van der Waals surface area contributed by atoms with Gasteiger partial charge in [0.1, 0.15) is 11.5 Å². The molecule has 22 heavy (non-hydrogen) atoms. The highest BCUT2D eigenvalue weighted by Crippen LogP contribution is 2.46. The lowest BCUT2D eigenvalue weighted by atomic mass is 9.70. The molecule has 2 aliphatic rings. The second-order valence-corrected chi connectivity index (χ2v) is 5.88. The van der Waals surface area contributed by atoms with E-state index >= 15 is 0 Å². The van der Waals surface area contributed by atoms with Gasteiger partial charge in [-0.1, -0.05) is 12.2 Å². The predicted octanol–water partition coefficient (Wildman–Crippen LogP) is 3.15. The van der Waals surface area contributed by atoms with Crippen LogP contribution < -0.4 is 9.47 Å². The van der Waals surface area contributed by atoms with Crippen molar-refractivity contribution in [1.82, 2.24) is 4.90 Å². The number of benzene rings is 1. The number of fused-ring (bicyclic) bond motifs is 1. The van der Waals surface area contributed by atoms with Crippen molar-refractivity contribution in [2.24, 2.45) is 11.8 Å². The lowest BCUT2D eigenvalue weighted by Gasteiger charge is -2.46. The van der Waals surface area contributed by atoms with Gasteiger partial charge < -0.3 is 19.5 Å². The van der Waals surface area contributed by atoms with Crippen LogP contribution in [-0.4, -0.2) is 36.4 Å². The molecule has 5 heteroatoms. The Balaban J connectivity index is 1.78. The second kappa shape index (κ2) is 5.91. The zero-order valence-electron chi connectivity index (χ0n) is 12.9. The minimum atomic E-state index is -0.867. The summed E-state index contributed by atoms with van der Waals surface area (Å²) in [4.78, 5) is 13.2. The highest BCUT2D eigenvalue weighted by atomic mass is 16.5. The zero-order chi connectivity index (χ0) is 15.7. The Bertz CT molecular complexity index is 598. The number of carboxylic acid groups (broad SMARTS) is 1. The van der Waals surface area contributed by atoms with Crippen LogP contribution in [-0.2, 0) is 6.54 Å². The van der Waals surface area contributed by atoms with Crippen molar-refractivity contribution in [3.05, 3.63) is 35.9 Å². The summed E-state index contributed by atoms with van der Waals surface area (Å²) in [7, 11) is 3.18. The van der Waals surface area contributed by atoms with E-state index in [2.05, 4.69) is 12.2 Å². The fourth-order valence-corrected chi connectivity index (χ4v) is 3.53. The molecule has 0 spiro atoms. The number of hydrogen-bond donors (Lipinski definition) is 1. The summed E-state index contributed by atoms with van der Waals surface area (Å²) in [5, 5.41) is 9.59. The first-order valence-electron chi connectivity index (χ1n) is 7.51. The van der Waals surface area contributed by atoms with Crippen molar-refractivity contribution in [2.75, 3.05) is 14.2 Å². The molecule has 3 atom stereocenters. The number of ether oxygens (including phenoxy) is 2. The van der Waals surface area contributed by atoms with Crippen molar-refractivity contribution < 1.29 is 19.4 Å². The standard InChI is InChI=1S/C17H21NO4/c1-21-13-7-6-12(16(9-13)22-2)10-18(17(19)20)15-8-11-4-3-5-14(11)15/h3-4,6-7,9,11,14-15H,5,8,10H2,1-2H3,(H,19,20)/t11-,14-,15+/m1/s1. The third-order valence-corrected chi connectivity index (χ3v) is 4.83. The molecule has 0 unspecified atom stereocenters. The van der Waals surface area contributed by atoms with Crippen LogP contribution in [0.25, 0.3) is 0 Å². The summed E-state index contributed by atoms with van der Waals surface area (Å²) in [5.74, 6) is 2.36. The highest BCUT2D eigenvalue weighted by Gasteiger charge is 2.45. The third kappa shape index (κ3) is 2.51. The van der Waals surface area contributed by atoms with Crippen LogP contribution in [0.4, 0.5) is 4.79 Å². The van der Waals surface area contributed by atoms with E-state index < -0.39 is 6.09 Å². The number of nitrogens with zero attached hydrogens (tertiary/aromatic N) is 1. The fourth-order valence-electron chi connectivity index (χ4n) is 3.53. The maximum atomic E-state index is 11.7. The molecule has 1 aromatic carbocycles. The van der Waals surface area contributed by atoms with E-state index in [0.717, 1.165) is 18.4 Å². The fraction of sp³-hybridized carbons (Fsp3) is 0.471. The molecule has 0 aliphatic heterocycles. The van der Waals surface area contributed by atoms with Gasteiger partial charge in [-0.05, 0) is 36.8 Å². The van der Waals surface area contributed by atoms with Gasteiger partial charge in [0.15, 0.2) is 0 Å². The van der Waals surface area contributed by atoms with Crippen LogP contribution in [0.2, 0.25) is 0 Å². The lowest BCUT2D eigenvalue weighted by molar-refractivity contribution is 0.0322. The molecule has 5 nitrogen and oxygen atoms in total. The molecule has 0 radical (unpaired) electrons. The molecule has 0 aromatic heterocycles. The molecule has 1 fully saturated rings. The Hall–Kier alpha value is -2.17. The number of rotatable bonds is 5. The number of hydrogen-bond acceptors (Lipinski definition) is 3. The van der Waals surface area contributed by atoms with Gasteiger partial charge in [-0.25, -0.2) is 4.79 Å². The van der Waals surface area contributed by atoms with Gasteiger partial charge in [0.2, 0.25) is 0 Å². The maximum absolute atomic E-state index is 11.7. The Morgan fingerprint density at radius 1 is 1.36 bits per heavy atom. The van der Waals surface area contributed by atoms with Gasteiger partial charge in [0, 0.05) is 17.7 Å². The zero-order valence-corrected chi connectivity index (χ0v) is 12.9. The Labute approximate surface area is 130 Å². The first-order chi connectivity index (χ1) is 10.6. The molecule has 0 saturated heterocycles. The minimum absolute atomic E-state index is 0.101. The van der Waals surface area contributed by atoms with E-state index in [0.29, 0.717) is 29.9 Å². The van der Waals surface area contributed by atoms with Gasteiger partial charge in [0.05, 0.1) is 20.8 Å². The van der Waals surface area contributed by atoms with E-state index in [-0.39, 0.29) is 6.04 Å². The molecule has 0 heterocycles. The normalized spacial score (nSPS) is 25.3. The van der Waals surface area contributed by atoms with E-state index in [1.807, 2.05) is 12.1 Å². The summed E-state index contributed by atoms with van der Waals surface area (Å²) in [6, 6.07) is 5.59. The van der Waals surface area contributed by atoms with E-state index in [4.69, 9.17) is 9.47 Å². The quantitative estimate of drug-likeness (QED) is 0.849. The highest BCUT2D eigenvalue weighted by molar-refractivity contribution is 5.66. The second-order valence-electron chi connectivity index (χ2n) is 5.88. The largest absolute Gasteiger partial charge is 0.497 e. The van der Waals surface area contributed by atoms with Gasteiger partial charge >= 0.3 is 6.09 Å². The first kappa shape index (κ1) is 14.8. The number of carbonyl (C=O) groups is 1. The van der Waals surface area contributed by atoms with E-state index in [9.17, 15) is 9.90 Å². The average Bonchev–Trinajstić information content (AvgIpc) is 2.87. The van der Waals surface area contributed by atoms with Crippen molar-refractivity contribution in [1.29, 1.82) is 0 Å². The molecule has 1 aromatic rings. The molecule has 2 aliphatic carbocycles. The number of methoxy groups -OCH3 is 2. The van der Waals surface area contributed by atoms with Crippen LogP contribution in [0.5, 0.6) is 11.5 Å². The predicted molar refractivity (Wildman–Crippen MR) is 82.3 cm³/mol. The van der Waals surface area contributed by atoms with Gasteiger partial charge in [-0.2, -0.15) is 0 Å². The van der Waals surface area contributed by atoms with Crippen LogP contribution in [0.15, 0.2) is 30.4 Å². The first-order valence-corrected chi connectivity index (χ1v) is 7.51. The van der Waals surface area contributed by atoms with Crippen LogP contribution in [0, 0.1) is 11.8 Å². The number of allylic oxidation sites excluding steroid dienone is 2. The number of amides is 1. The summed E-state index contributed by atoms with van der Waals surface area (Å²) in [6.07, 6.45) is 5.43. The van der Waals surface area contributed by atoms with Crippen LogP contribution >= 0.6 is 0 Å². The summed E-state index contributed by atoms with van der Waals surface area (Å²) < 4.78 is 10.6. The topological polar surface area (TPSA) is 59.0 Å². The van der Waals surface area contributed by atoms with Gasteiger partial charge in [-0.15, -0.1) is 0 Å². The molecule has 1 N–H and O–H groups in total. The molecule has 3 rings (SSSR count). The Morgan fingerprint density at radius 3 is 2.82 bits per heavy atom. The summed E-state index contributed by atoms with van der Waals surface area (Å²) in [6.45, 7) is 0.344. The van der Waals surface area contributed by atoms with E-state index in [1.165, 1.54) is 0 Å². The van der Waals surface area contributed by atoms with Crippen molar-refractivity contribution >= 4 is 6.09 Å². The summed E-state index contributed by atoms with van der Waals surface area (Å²) >= 11 is 0. The lowest BCUT2D eigenvalue weighted by Crippen LogP contribution is -2.52. The van der Waals surface area contributed by atoms with Crippen molar-refractivity contribution in [2.45, 2.75) is 25.4 Å².